The van der Waals surface area contributed by atoms with Crippen LogP contribution < -0.4 is 19.5 Å². The Kier molecular flexibility index (Phi) is 6.56. The number of carbonyl (C=O) groups excluding carboxylic acids is 2. The number of rotatable bonds is 6. The van der Waals surface area contributed by atoms with Gasteiger partial charge < -0.3 is 24.3 Å². The van der Waals surface area contributed by atoms with Crippen LogP contribution in [0.2, 0.25) is 0 Å². The summed E-state index contributed by atoms with van der Waals surface area (Å²) in [6.45, 7) is 3.90. The van der Waals surface area contributed by atoms with E-state index in [9.17, 15) is 14.0 Å². The Bertz CT molecular complexity index is 971. The summed E-state index contributed by atoms with van der Waals surface area (Å²) in [6.07, 6.45) is 1.64. The lowest BCUT2D eigenvalue weighted by Gasteiger charge is -2.20. The number of halogens is 1. The first-order valence-electron chi connectivity index (χ1n) is 9.30. The van der Waals surface area contributed by atoms with E-state index in [0.29, 0.717) is 41.6 Å². The number of hydrogen-bond acceptors (Lipinski definition) is 6. The van der Waals surface area contributed by atoms with Crippen LogP contribution >= 0.6 is 0 Å². The minimum atomic E-state index is -1.07. The van der Waals surface area contributed by atoms with E-state index in [4.69, 9.17) is 18.9 Å². The van der Waals surface area contributed by atoms with Gasteiger partial charge in [0.05, 0.1) is 7.11 Å². The quantitative estimate of drug-likeness (QED) is 0.574. The van der Waals surface area contributed by atoms with Crippen molar-refractivity contribution in [1.29, 1.82) is 0 Å². The largest absolute Gasteiger partial charge is 0.493 e. The third kappa shape index (κ3) is 5.08. The molecule has 1 atom stereocenters. The van der Waals surface area contributed by atoms with Gasteiger partial charge in [-0.05, 0) is 55.3 Å². The van der Waals surface area contributed by atoms with Gasteiger partial charge in [0, 0.05) is 11.8 Å². The Morgan fingerprint density at radius 3 is 2.70 bits per heavy atom. The first-order valence-corrected chi connectivity index (χ1v) is 9.30. The Balaban J connectivity index is 1.61. The van der Waals surface area contributed by atoms with Crippen molar-refractivity contribution in [3.8, 4) is 17.2 Å². The number of esters is 1. The molecule has 3 rings (SSSR count). The summed E-state index contributed by atoms with van der Waals surface area (Å²) in [7, 11) is 1.51. The highest BCUT2D eigenvalue weighted by molar-refractivity contribution is 5.96. The maximum atomic E-state index is 13.6. The third-order valence-electron chi connectivity index (χ3n) is 4.36. The van der Waals surface area contributed by atoms with Crippen molar-refractivity contribution < 1.29 is 32.9 Å². The molecule has 2 aromatic rings. The van der Waals surface area contributed by atoms with Crippen LogP contribution in [0.4, 0.5) is 10.1 Å². The molecule has 1 heterocycles. The highest BCUT2D eigenvalue weighted by Gasteiger charge is 2.19. The van der Waals surface area contributed by atoms with Gasteiger partial charge in [-0.3, -0.25) is 4.79 Å². The van der Waals surface area contributed by atoms with Gasteiger partial charge in [0.2, 0.25) is 5.75 Å². The van der Waals surface area contributed by atoms with Gasteiger partial charge in [-0.25, -0.2) is 9.18 Å². The zero-order valence-corrected chi connectivity index (χ0v) is 16.9. The summed E-state index contributed by atoms with van der Waals surface area (Å²) in [6, 6.07) is 7.73. The van der Waals surface area contributed by atoms with E-state index in [-0.39, 0.29) is 5.69 Å². The lowest BCUT2D eigenvalue weighted by molar-refractivity contribution is -0.148. The fourth-order valence-corrected chi connectivity index (χ4v) is 2.74. The summed E-state index contributed by atoms with van der Waals surface area (Å²) in [4.78, 5) is 24.3. The maximum absolute atomic E-state index is 13.6. The number of fused-ring (bicyclic) bond motifs is 1. The average Bonchev–Trinajstić information content (AvgIpc) is 2.74. The number of benzene rings is 2. The van der Waals surface area contributed by atoms with E-state index in [1.807, 2.05) is 0 Å². The molecule has 2 aromatic carbocycles. The number of nitrogens with one attached hydrogen (secondary N) is 1. The van der Waals surface area contributed by atoms with Crippen LogP contribution in [0.1, 0.15) is 18.1 Å². The molecule has 0 saturated heterocycles. The van der Waals surface area contributed by atoms with E-state index in [2.05, 4.69) is 5.32 Å². The molecule has 0 radical (unpaired) electrons. The van der Waals surface area contributed by atoms with Crippen molar-refractivity contribution in [3.05, 3.63) is 53.4 Å². The van der Waals surface area contributed by atoms with E-state index in [1.165, 1.54) is 32.3 Å². The summed E-state index contributed by atoms with van der Waals surface area (Å²) < 4.78 is 35.1. The molecule has 0 unspecified atom stereocenters. The number of aryl methyl sites for hydroxylation is 1. The number of methoxy groups -OCH3 is 1. The average molecular weight is 415 g/mol. The van der Waals surface area contributed by atoms with E-state index in [1.54, 1.807) is 31.2 Å². The Labute approximate surface area is 173 Å². The zero-order valence-electron chi connectivity index (χ0n) is 16.9. The van der Waals surface area contributed by atoms with Gasteiger partial charge in [0.1, 0.15) is 19.0 Å². The summed E-state index contributed by atoms with van der Waals surface area (Å²) in [5.74, 6) is -0.191. The van der Waals surface area contributed by atoms with Gasteiger partial charge in [-0.2, -0.15) is 0 Å². The predicted molar refractivity (Wildman–Crippen MR) is 108 cm³/mol. The van der Waals surface area contributed by atoms with Crippen LogP contribution in [0.5, 0.6) is 17.2 Å². The first-order chi connectivity index (χ1) is 14.4. The highest BCUT2D eigenvalue weighted by Crippen LogP contribution is 2.40. The third-order valence-corrected chi connectivity index (χ3v) is 4.36. The van der Waals surface area contributed by atoms with Gasteiger partial charge in [-0.15, -0.1) is 0 Å². The lowest BCUT2D eigenvalue weighted by atomic mass is 10.1. The lowest BCUT2D eigenvalue weighted by Crippen LogP contribution is -2.29. The molecule has 0 aromatic heterocycles. The molecule has 1 aliphatic heterocycles. The van der Waals surface area contributed by atoms with E-state index in [0.717, 1.165) is 0 Å². The van der Waals surface area contributed by atoms with Crippen LogP contribution in [0.25, 0.3) is 6.08 Å². The molecule has 30 heavy (non-hydrogen) atoms. The van der Waals surface area contributed by atoms with Gasteiger partial charge in [0.25, 0.3) is 5.91 Å². The number of hydrogen-bond donors (Lipinski definition) is 1. The molecule has 0 aliphatic carbocycles. The highest BCUT2D eigenvalue weighted by atomic mass is 19.1. The fourth-order valence-electron chi connectivity index (χ4n) is 2.74. The number of ether oxygens (including phenoxy) is 4. The molecule has 1 amide bonds. The van der Waals surface area contributed by atoms with Crippen LogP contribution in [0.3, 0.4) is 0 Å². The smallest absolute Gasteiger partial charge is 0.331 e. The normalized spacial score (nSPS) is 13.6. The number of anilines is 1. The van der Waals surface area contributed by atoms with Crippen LogP contribution in [-0.4, -0.2) is 38.3 Å². The summed E-state index contributed by atoms with van der Waals surface area (Å²) in [5.41, 5.74) is 1.39. The Hall–Kier alpha value is -3.55. The molecule has 1 aliphatic rings. The monoisotopic (exact) mass is 415 g/mol. The van der Waals surface area contributed by atoms with Crippen molar-refractivity contribution in [2.24, 2.45) is 0 Å². The fraction of sp³-hybridized carbons (Fsp3) is 0.273. The molecule has 158 valence electrons. The van der Waals surface area contributed by atoms with Crippen LogP contribution in [0.15, 0.2) is 36.4 Å². The Morgan fingerprint density at radius 1 is 1.20 bits per heavy atom. The molecule has 8 heteroatoms. The van der Waals surface area contributed by atoms with E-state index < -0.39 is 23.8 Å². The van der Waals surface area contributed by atoms with Crippen molar-refractivity contribution in [2.75, 3.05) is 25.6 Å². The molecular formula is C22H22FNO6. The number of amides is 1. The molecule has 0 fully saturated rings. The predicted octanol–water partition coefficient (Wildman–Crippen LogP) is 3.50. The zero-order chi connectivity index (χ0) is 21.7. The van der Waals surface area contributed by atoms with Crippen molar-refractivity contribution in [1.82, 2.24) is 0 Å². The Morgan fingerprint density at radius 2 is 1.97 bits per heavy atom. The number of carbonyl (C=O) groups is 2. The molecule has 0 spiro atoms. The van der Waals surface area contributed by atoms with Gasteiger partial charge in [0.15, 0.2) is 17.6 Å². The minimum absolute atomic E-state index is 0.282. The second-order valence-corrected chi connectivity index (χ2v) is 6.61. The summed E-state index contributed by atoms with van der Waals surface area (Å²) >= 11 is 0. The first kappa shape index (κ1) is 21.2. The summed E-state index contributed by atoms with van der Waals surface area (Å²) in [5, 5.41) is 2.51. The minimum Gasteiger partial charge on any atom is -0.493 e. The van der Waals surface area contributed by atoms with Crippen LogP contribution in [-0.2, 0) is 14.3 Å². The SMILES string of the molecule is COc1cc(/C=C/C(=O)O[C@H](C)C(=O)Nc2ccc(C)c(F)c2)cc2c1OCCO2. The molecule has 0 bridgehead atoms. The maximum Gasteiger partial charge on any atom is 0.331 e. The molecule has 7 nitrogen and oxygen atoms in total. The standard InChI is InChI=1S/C22H22FNO6/c1-13-4-6-16(12-17(13)23)24-22(26)14(2)30-20(25)7-5-15-10-18(27-3)21-19(11-15)28-8-9-29-21/h4-7,10-12,14H,8-9H2,1-3H3,(H,24,26)/b7-5+/t14-/m1/s1. The van der Waals surface area contributed by atoms with E-state index >= 15 is 0 Å². The molecule has 1 N–H and O–H groups in total. The van der Waals surface area contributed by atoms with Crippen molar-refractivity contribution in [2.45, 2.75) is 20.0 Å². The van der Waals surface area contributed by atoms with Gasteiger partial charge in [-0.1, -0.05) is 6.07 Å². The second kappa shape index (κ2) is 9.30. The molecule has 0 saturated carbocycles. The van der Waals surface area contributed by atoms with Crippen molar-refractivity contribution in [3.63, 3.8) is 0 Å². The second-order valence-electron chi connectivity index (χ2n) is 6.61. The molecular weight excluding hydrogens is 393 g/mol. The van der Waals surface area contributed by atoms with Crippen LogP contribution in [0, 0.1) is 12.7 Å². The van der Waals surface area contributed by atoms with Gasteiger partial charge >= 0.3 is 5.97 Å². The van der Waals surface area contributed by atoms with Crippen molar-refractivity contribution >= 4 is 23.6 Å². The topological polar surface area (TPSA) is 83.1 Å².